The fourth-order valence-corrected chi connectivity index (χ4v) is 1.89. The zero-order chi connectivity index (χ0) is 14.3. The van der Waals surface area contributed by atoms with Gasteiger partial charge in [-0.1, -0.05) is 20.3 Å². The van der Waals surface area contributed by atoms with Gasteiger partial charge in [0, 0.05) is 6.04 Å². The van der Waals surface area contributed by atoms with E-state index < -0.39 is 0 Å². The molecule has 18 heavy (non-hydrogen) atoms. The van der Waals surface area contributed by atoms with Gasteiger partial charge in [0.2, 0.25) is 0 Å². The first kappa shape index (κ1) is 17.4. The van der Waals surface area contributed by atoms with Crippen molar-refractivity contribution in [2.24, 2.45) is 5.92 Å². The van der Waals surface area contributed by atoms with Gasteiger partial charge in [-0.25, -0.2) is 0 Å². The van der Waals surface area contributed by atoms with Crippen LogP contribution in [0.25, 0.3) is 0 Å². The van der Waals surface area contributed by atoms with E-state index in [4.69, 9.17) is 4.74 Å². The Bertz CT molecular complexity index is 245. The van der Waals surface area contributed by atoms with Crippen molar-refractivity contribution in [2.45, 2.75) is 72.4 Å². The third-order valence-corrected chi connectivity index (χ3v) is 2.95. The molecule has 0 unspecified atom stereocenters. The number of likely N-dealkylation sites (tertiary alicyclic amines) is 1. The summed E-state index contributed by atoms with van der Waals surface area (Å²) in [5, 5.41) is 0. The predicted molar refractivity (Wildman–Crippen MR) is 76.6 cm³/mol. The lowest BCUT2D eigenvalue weighted by atomic mass is 9.92. The maximum atomic E-state index is 11.8. The molecule has 1 saturated heterocycles. The zero-order valence-electron chi connectivity index (χ0n) is 13.2. The molecule has 3 heteroatoms. The highest BCUT2D eigenvalue weighted by Crippen LogP contribution is 2.24. The molecule has 1 heterocycles. The summed E-state index contributed by atoms with van der Waals surface area (Å²) in [5.74, 6) is 0.0675. The fourth-order valence-electron chi connectivity index (χ4n) is 1.89. The average molecular weight is 257 g/mol. The van der Waals surface area contributed by atoms with E-state index in [0.717, 1.165) is 19.4 Å². The van der Waals surface area contributed by atoms with Gasteiger partial charge in [-0.15, -0.1) is 0 Å². The first-order valence-corrected chi connectivity index (χ1v) is 7.14. The molecule has 1 fully saturated rings. The van der Waals surface area contributed by atoms with Gasteiger partial charge in [0.15, 0.2) is 0 Å². The third-order valence-electron chi connectivity index (χ3n) is 2.95. The number of hydrogen-bond donors (Lipinski definition) is 0. The monoisotopic (exact) mass is 257 g/mol. The second-order valence-electron chi connectivity index (χ2n) is 6.29. The first-order valence-electron chi connectivity index (χ1n) is 7.14. The summed E-state index contributed by atoms with van der Waals surface area (Å²) in [6, 6.07) is 0.483. The lowest BCUT2D eigenvalue weighted by molar-refractivity contribution is -0.162. The average Bonchev–Trinajstić information content (AvgIpc) is 2.20. The Labute approximate surface area is 113 Å². The highest BCUT2D eigenvalue weighted by molar-refractivity contribution is 5.73. The molecule has 1 aliphatic rings. The number of ether oxygens (including phenoxy) is 1. The van der Waals surface area contributed by atoms with Crippen LogP contribution in [0.3, 0.4) is 0 Å². The number of piperidine rings is 1. The first-order chi connectivity index (χ1) is 8.21. The van der Waals surface area contributed by atoms with Crippen LogP contribution >= 0.6 is 0 Å². The highest BCUT2D eigenvalue weighted by Gasteiger charge is 2.31. The van der Waals surface area contributed by atoms with Gasteiger partial charge < -0.3 is 9.64 Å². The molecule has 0 saturated carbocycles. The minimum atomic E-state index is -0.357. The van der Waals surface area contributed by atoms with Crippen LogP contribution in [0.5, 0.6) is 0 Å². The van der Waals surface area contributed by atoms with Gasteiger partial charge >= 0.3 is 5.97 Å². The van der Waals surface area contributed by atoms with Crippen molar-refractivity contribution >= 4 is 5.97 Å². The van der Waals surface area contributed by atoms with Crippen LogP contribution in [0.2, 0.25) is 0 Å². The number of rotatable bonds is 1. The fraction of sp³-hybridized carbons (Fsp3) is 0.933. The molecule has 3 nitrogen and oxygen atoms in total. The smallest absolute Gasteiger partial charge is 0.309 e. The van der Waals surface area contributed by atoms with Crippen LogP contribution in [0, 0.1) is 5.92 Å². The molecule has 1 aliphatic heterocycles. The minimum Gasteiger partial charge on any atom is -0.460 e. The Morgan fingerprint density at radius 3 is 2.22 bits per heavy atom. The normalized spacial score (nSPS) is 25.1. The van der Waals surface area contributed by atoms with Crippen molar-refractivity contribution in [1.29, 1.82) is 0 Å². The number of nitrogens with zero attached hydrogens (tertiary/aromatic N) is 1. The zero-order valence-corrected chi connectivity index (χ0v) is 13.2. The summed E-state index contributed by atoms with van der Waals surface area (Å²) in [6.07, 6.45) is 3.10. The Hall–Kier alpha value is -0.570. The van der Waals surface area contributed by atoms with E-state index in [0.29, 0.717) is 6.04 Å². The molecule has 0 aliphatic carbocycles. The lowest BCUT2D eigenvalue weighted by Gasteiger charge is -2.35. The number of esters is 1. The van der Waals surface area contributed by atoms with E-state index in [1.165, 1.54) is 6.42 Å². The summed E-state index contributed by atoms with van der Waals surface area (Å²) >= 11 is 0. The summed E-state index contributed by atoms with van der Waals surface area (Å²) in [4.78, 5) is 14.1. The van der Waals surface area contributed by atoms with Crippen molar-refractivity contribution in [3.8, 4) is 0 Å². The maximum Gasteiger partial charge on any atom is 0.309 e. The Kier molecular flexibility index (Phi) is 7.53. The molecule has 0 amide bonds. The SMILES string of the molecule is CCC.C[C@H]1C[C@@H](C(=O)OC(C)(C)C)CCN1C. The number of carbonyl (C=O) groups excluding carboxylic acids is 1. The van der Waals surface area contributed by atoms with Crippen LogP contribution in [-0.4, -0.2) is 36.1 Å². The Morgan fingerprint density at radius 1 is 1.33 bits per heavy atom. The van der Waals surface area contributed by atoms with Gasteiger partial charge in [0.05, 0.1) is 5.92 Å². The lowest BCUT2D eigenvalue weighted by Crippen LogP contribution is -2.41. The van der Waals surface area contributed by atoms with E-state index in [1.807, 2.05) is 20.8 Å². The van der Waals surface area contributed by atoms with Crippen LogP contribution in [0.1, 0.15) is 60.8 Å². The van der Waals surface area contributed by atoms with Crippen LogP contribution in [0.4, 0.5) is 0 Å². The number of carbonyl (C=O) groups is 1. The van der Waals surface area contributed by atoms with E-state index in [1.54, 1.807) is 0 Å². The minimum absolute atomic E-state index is 0.0255. The molecule has 0 aromatic heterocycles. The largest absolute Gasteiger partial charge is 0.460 e. The predicted octanol–water partition coefficient (Wildman–Crippen LogP) is 3.47. The van der Waals surface area contributed by atoms with Crippen molar-refractivity contribution in [3.63, 3.8) is 0 Å². The summed E-state index contributed by atoms with van der Waals surface area (Å²) in [7, 11) is 2.11. The van der Waals surface area contributed by atoms with Crippen molar-refractivity contribution < 1.29 is 9.53 Å². The van der Waals surface area contributed by atoms with Gasteiger partial charge in [0.25, 0.3) is 0 Å². The van der Waals surface area contributed by atoms with Crippen molar-refractivity contribution in [3.05, 3.63) is 0 Å². The van der Waals surface area contributed by atoms with Gasteiger partial charge in [-0.05, 0) is 54.1 Å². The molecule has 0 radical (unpaired) electrons. The summed E-state index contributed by atoms with van der Waals surface area (Å²) < 4.78 is 5.40. The molecule has 108 valence electrons. The molecule has 0 aromatic carbocycles. The molecule has 1 rings (SSSR count). The highest BCUT2D eigenvalue weighted by atomic mass is 16.6. The molecule has 0 aromatic rings. The van der Waals surface area contributed by atoms with Gasteiger partial charge in [-0.3, -0.25) is 4.79 Å². The van der Waals surface area contributed by atoms with Gasteiger partial charge in [-0.2, -0.15) is 0 Å². The van der Waals surface area contributed by atoms with Crippen LogP contribution < -0.4 is 0 Å². The molecule has 0 spiro atoms. The van der Waals surface area contributed by atoms with E-state index in [-0.39, 0.29) is 17.5 Å². The van der Waals surface area contributed by atoms with Crippen molar-refractivity contribution in [1.82, 2.24) is 4.90 Å². The quantitative estimate of drug-likeness (QED) is 0.674. The second-order valence-corrected chi connectivity index (χ2v) is 6.29. The van der Waals surface area contributed by atoms with E-state index in [2.05, 4.69) is 32.7 Å². The Morgan fingerprint density at radius 2 is 1.83 bits per heavy atom. The van der Waals surface area contributed by atoms with Crippen molar-refractivity contribution in [2.75, 3.05) is 13.6 Å². The van der Waals surface area contributed by atoms with Gasteiger partial charge in [0.1, 0.15) is 5.60 Å². The van der Waals surface area contributed by atoms with Crippen LogP contribution in [0.15, 0.2) is 0 Å². The maximum absolute atomic E-state index is 11.8. The topological polar surface area (TPSA) is 29.5 Å². The second kappa shape index (κ2) is 7.78. The molecule has 0 bridgehead atoms. The van der Waals surface area contributed by atoms with E-state index >= 15 is 0 Å². The van der Waals surface area contributed by atoms with E-state index in [9.17, 15) is 4.79 Å². The third kappa shape index (κ3) is 7.00. The molecular weight excluding hydrogens is 226 g/mol. The molecule has 2 atom stereocenters. The summed E-state index contributed by atoms with van der Waals surface area (Å²) in [6.45, 7) is 13.2. The molecule has 0 N–H and O–H groups in total. The molecular formula is C15H31NO2. The summed E-state index contributed by atoms with van der Waals surface area (Å²) in [5.41, 5.74) is -0.357. The Balaban J connectivity index is 0.000000873. The number of hydrogen-bond acceptors (Lipinski definition) is 3. The van der Waals surface area contributed by atoms with Crippen LogP contribution in [-0.2, 0) is 9.53 Å². The standard InChI is InChI=1S/C12H23NO2.C3H8/c1-9-8-10(6-7-13(9)5)11(14)15-12(2,3)4;1-3-2/h9-10H,6-8H2,1-5H3;3H2,1-2H3/t9-,10-;/m0./s1.